The van der Waals surface area contributed by atoms with Gasteiger partial charge in [-0.05, 0) is 49.3 Å². The number of hydrogen-bond donors (Lipinski definition) is 2. The molecule has 9 heteroatoms. The number of fused-ring (bicyclic) bond motifs is 1. The highest BCUT2D eigenvalue weighted by molar-refractivity contribution is 7.91. The standard InChI is InChI=1S/C22H26N2O5S2/c1-13-7-8-16-18(11-13)30-22(24-20(25)15-5-3-4-6-17(15)29-2)19(16)21(26)23-14-9-10-31(27,28)12-14/h3-6,13-14H,7-12H2,1-2H3,(H,23,26)(H,24,25)/t13-,14-/m1/s1. The normalized spacial score (nSPS) is 21.9. The van der Waals surface area contributed by atoms with Crippen LogP contribution in [0.2, 0.25) is 0 Å². The predicted octanol–water partition coefficient (Wildman–Crippen LogP) is 3.05. The second kappa shape index (κ2) is 8.63. The molecule has 2 aromatic rings. The summed E-state index contributed by atoms with van der Waals surface area (Å²) in [5, 5.41) is 6.31. The summed E-state index contributed by atoms with van der Waals surface area (Å²) in [5.41, 5.74) is 1.83. The third-order valence-electron chi connectivity index (χ3n) is 5.89. The third-order valence-corrected chi connectivity index (χ3v) is 8.82. The molecular formula is C22H26N2O5S2. The number of amides is 2. The van der Waals surface area contributed by atoms with Crippen LogP contribution in [-0.2, 0) is 22.7 Å². The summed E-state index contributed by atoms with van der Waals surface area (Å²) in [6.45, 7) is 2.18. The Morgan fingerprint density at radius 3 is 2.65 bits per heavy atom. The first-order valence-electron chi connectivity index (χ1n) is 10.4. The number of carbonyl (C=O) groups excluding carboxylic acids is 2. The van der Waals surface area contributed by atoms with Gasteiger partial charge in [0.25, 0.3) is 11.8 Å². The van der Waals surface area contributed by atoms with Gasteiger partial charge in [0.05, 0.1) is 29.7 Å². The van der Waals surface area contributed by atoms with Crippen molar-refractivity contribution in [1.82, 2.24) is 5.32 Å². The van der Waals surface area contributed by atoms with Gasteiger partial charge in [-0.1, -0.05) is 19.1 Å². The summed E-state index contributed by atoms with van der Waals surface area (Å²) in [4.78, 5) is 27.3. The lowest BCUT2D eigenvalue weighted by Gasteiger charge is -2.19. The summed E-state index contributed by atoms with van der Waals surface area (Å²) < 4.78 is 28.9. The van der Waals surface area contributed by atoms with E-state index in [1.165, 1.54) is 18.4 Å². The van der Waals surface area contributed by atoms with E-state index < -0.39 is 15.9 Å². The summed E-state index contributed by atoms with van der Waals surface area (Å²) in [5.74, 6) is 0.363. The molecule has 7 nitrogen and oxygen atoms in total. The molecule has 1 aliphatic heterocycles. The molecule has 2 atom stereocenters. The Labute approximate surface area is 186 Å². The molecular weight excluding hydrogens is 436 g/mol. The number of methoxy groups -OCH3 is 1. The molecule has 0 radical (unpaired) electrons. The Balaban J connectivity index is 1.64. The Morgan fingerprint density at radius 1 is 1.16 bits per heavy atom. The average molecular weight is 463 g/mol. The van der Waals surface area contributed by atoms with Gasteiger partial charge in [0.15, 0.2) is 9.84 Å². The molecule has 2 heterocycles. The second-order valence-corrected chi connectivity index (χ2v) is 11.6. The fourth-order valence-electron chi connectivity index (χ4n) is 4.25. The van der Waals surface area contributed by atoms with E-state index in [-0.39, 0.29) is 23.3 Å². The molecule has 1 aliphatic carbocycles. The molecule has 31 heavy (non-hydrogen) atoms. The number of rotatable bonds is 5. The van der Waals surface area contributed by atoms with E-state index in [1.807, 2.05) is 0 Å². The zero-order valence-corrected chi connectivity index (χ0v) is 19.2. The predicted molar refractivity (Wildman–Crippen MR) is 121 cm³/mol. The fraction of sp³-hybridized carbons (Fsp3) is 0.455. The fourth-order valence-corrected chi connectivity index (χ4v) is 7.32. The number of nitrogens with one attached hydrogen (secondary N) is 2. The number of sulfone groups is 1. The average Bonchev–Trinajstić information content (AvgIpc) is 3.25. The highest BCUT2D eigenvalue weighted by Gasteiger charge is 2.33. The number of thiophene rings is 1. The van der Waals surface area contributed by atoms with Crippen LogP contribution in [0.4, 0.5) is 5.00 Å². The van der Waals surface area contributed by atoms with E-state index in [1.54, 1.807) is 24.3 Å². The lowest BCUT2D eigenvalue weighted by Crippen LogP contribution is -2.36. The van der Waals surface area contributed by atoms with Crippen LogP contribution < -0.4 is 15.4 Å². The highest BCUT2D eigenvalue weighted by atomic mass is 32.2. The summed E-state index contributed by atoms with van der Waals surface area (Å²) in [6.07, 6.45) is 3.02. The first-order chi connectivity index (χ1) is 14.8. The molecule has 1 aromatic carbocycles. The van der Waals surface area contributed by atoms with Crippen LogP contribution in [0, 0.1) is 5.92 Å². The Kier molecular flexibility index (Phi) is 6.07. The third kappa shape index (κ3) is 4.62. The van der Waals surface area contributed by atoms with Crippen LogP contribution >= 0.6 is 11.3 Å². The molecule has 1 fully saturated rings. The molecule has 2 aliphatic rings. The van der Waals surface area contributed by atoms with Crippen LogP contribution in [0.3, 0.4) is 0 Å². The molecule has 2 amide bonds. The van der Waals surface area contributed by atoms with Gasteiger partial charge in [-0.15, -0.1) is 11.3 Å². The topological polar surface area (TPSA) is 102 Å². The zero-order chi connectivity index (χ0) is 22.2. The maximum atomic E-state index is 13.2. The zero-order valence-electron chi connectivity index (χ0n) is 17.6. The van der Waals surface area contributed by atoms with Crippen molar-refractivity contribution in [3.63, 3.8) is 0 Å². The first-order valence-corrected chi connectivity index (χ1v) is 13.0. The van der Waals surface area contributed by atoms with Gasteiger partial charge in [-0.2, -0.15) is 0 Å². The van der Waals surface area contributed by atoms with E-state index in [9.17, 15) is 18.0 Å². The van der Waals surface area contributed by atoms with E-state index >= 15 is 0 Å². The minimum atomic E-state index is -3.10. The second-order valence-electron chi connectivity index (χ2n) is 8.28. The van der Waals surface area contributed by atoms with Crippen molar-refractivity contribution in [1.29, 1.82) is 0 Å². The number of para-hydroxylation sites is 1. The number of carbonyl (C=O) groups is 2. The number of benzene rings is 1. The molecule has 4 rings (SSSR count). The van der Waals surface area contributed by atoms with Crippen molar-refractivity contribution in [3.8, 4) is 5.75 Å². The molecule has 0 spiro atoms. The van der Waals surface area contributed by atoms with Crippen LogP contribution in [0.5, 0.6) is 5.75 Å². The van der Waals surface area contributed by atoms with Crippen LogP contribution in [0.15, 0.2) is 24.3 Å². The van der Waals surface area contributed by atoms with Crippen LogP contribution in [-0.4, -0.2) is 44.9 Å². The van der Waals surface area contributed by atoms with Gasteiger partial charge in [0.2, 0.25) is 0 Å². The van der Waals surface area contributed by atoms with Gasteiger partial charge in [-0.3, -0.25) is 9.59 Å². The summed E-state index contributed by atoms with van der Waals surface area (Å²) in [7, 11) is -1.60. The first kappa shape index (κ1) is 21.8. The van der Waals surface area contributed by atoms with Crippen molar-refractivity contribution in [2.45, 2.75) is 38.6 Å². The van der Waals surface area contributed by atoms with E-state index in [2.05, 4.69) is 17.6 Å². The van der Waals surface area contributed by atoms with Gasteiger partial charge in [0, 0.05) is 10.9 Å². The smallest absolute Gasteiger partial charge is 0.260 e. The van der Waals surface area contributed by atoms with Gasteiger partial charge >= 0.3 is 0 Å². The molecule has 166 valence electrons. The lowest BCUT2D eigenvalue weighted by atomic mass is 9.88. The molecule has 1 saturated heterocycles. The maximum absolute atomic E-state index is 13.2. The largest absolute Gasteiger partial charge is 0.496 e. The van der Waals surface area contributed by atoms with Crippen LogP contribution in [0.1, 0.15) is 50.9 Å². The van der Waals surface area contributed by atoms with E-state index in [0.717, 1.165) is 29.7 Å². The maximum Gasteiger partial charge on any atom is 0.260 e. The summed E-state index contributed by atoms with van der Waals surface area (Å²) in [6, 6.07) is 6.53. The Morgan fingerprint density at radius 2 is 1.94 bits per heavy atom. The molecule has 0 bridgehead atoms. The Hall–Kier alpha value is -2.39. The lowest BCUT2D eigenvalue weighted by molar-refractivity contribution is 0.0941. The molecule has 0 saturated carbocycles. The van der Waals surface area contributed by atoms with Gasteiger partial charge in [0.1, 0.15) is 10.8 Å². The van der Waals surface area contributed by atoms with Crippen molar-refractivity contribution in [3.05, 3.63) is 45.8 Å². The SMILES string of the molecule is COc1ccccc1C(=O)Nc1sc2c(c1C(=O)N[C@@H]1CCS(=O)(=O)C1)CC[C@@H](C)C2. The Bertz CT molecular complexity index is 1120. The number of hydrogen-bond acceptors (Lipinski definition) is 6. The van der Waals surface area contributed by atoms with Crippen molar-refractivity contribution >= 4 is 38.0 Å². The van der Waals surface area contributed by atoms with Crippen molar-refractivity contribution in [2.24, 2.45) is 5.92 Å². The number of ether oxygens (including phenoxy) is 1. The summed E-state index contributed by atoms with van der Waals surface area (Å²) >= 11 is 1.44. The molecule has 0 unspecified atom stereocenters. The number of anilines is 1. The van der Waals surface area contributed by atoms with Gasteiger partial charge in [-0.25, -0.2) is 8.42 Å². The van der Waals surface area contributed by atoms with Crippen molar-refractivity contribution in [2.75, 3.05) is 23.9 Å². The monoisotopic (exact) mass is 462 g/mol. The van der Waals surface area contributed by atoms with Crippen molar-refractivity contribution < 1.29 is 22.7 Å². The quantitative estimate of drug-likeness (QED) is 0.711. The van der Waals surface area contributed by atoms with E-state index in [0.29, 0.717) is 34.2 Å². The minimum Gasteiger partial charge on any atom is -0.496 e. The highest BCUT2D eigenvalue weighted by Crippen LogP contribution is 2.40. The molecule has 1 aromatic heterocycles. The van der Waals surface area contributed by atoms with Gasteiger partial charge < -0.3 is 15.4 Å². The minimum absolute atomic E-state index is 0.0367. The van der Waals surface area contributed by atoms with E-state index in [4.69, 9.17) is 4.74 Å². The van der Waals surface area contributed by atoms with Crippen LogP contribution in [0.25, 0.3) is 0 Å². The molecule has 2 N–H and O–H groups in total.